The second-order valence-electron chi connectivity index (χ2n) is 4.39. The van der Waals surface area contributed by atoms with Gasteiger partial charge in [-0.1, -0.05) is 5.16 Å². The van der Waals surface area contributed by atoms with Gasteiger partial charge in [0, 0.05) is 31.7 Å². The Labute approximate surface area is 99.4 Å². The second-order valence-corrected chi connectivity index (χ2v) is 4.39. The van der Waals surface area contributed by atoms with Crippen LogP contribution in [0, 0.1) is 0 Å². The average Bonchev–Trinajstić information content (AvgIpc) is 2.82. The Balaban J connectivity index is 1.68. The van der Waals surface area contributed by atoms with Crippen LogP contribution in [0.3, 0.4) is 0 Å². The molecule has 0 amide bonds. The van der Waals surface area contributed by atoms with Crippen LogP contribution in [0.4, 0.5) is 0 Å². The van der Waals surface area contributed by atoms with E-state index < -0.39 is 0 Å². The molecule has 0 unspecified atom stereocenters. The van der Waals surface area contributed by atoms with Crippen LogP contribution in [-0.4, -0.2) is 36.2 Å². The second kappa shape index (κ2) is 4.35. The zero-order chi connectivity index (χ0) is 11.7. The van der Waals surface area contributed by atoms with Crippen LogP contribution < -0.4 is 5.32 Å². The van der Waals surface area contributed by atoms with Crippen molar-refractivity contribution < 1.29 is 8.94 Å². The third-order valence-electron chi connectivity index (χ3n) is 3.12. The van der Waals surface area contributed by atoms with Crippen molar-refractivity contribution in [2.45, 2.75) is 12.6 Å². The minimum Gasteiger partial charge on any atom is -0.461 e. The molecule has 1 saturated heterocycles. The Morgan fingerprint density at radius 2 is 2.35 bits per heavy atom. The lowest BCUT2D eigenvalue weighted by Gasteiger charge is -2.35. The Morgan fingerprint density at radius 1 is 1.47 bits per heavy atom. The molecule has 3 heterocycles. The summed E-state index contributed by atoms with van der Waals surface area (Å²) in [5.41, 5.74) is 0.936. The number of rotatable bonds is 4. The normalized spacial score (nSPS) is 16.4. The fourth-order valence-electron chi connectivity index (χ4n) is 1.89. The Morgan fingerprint density at radius 3 is 3.00 bits per heavy atom. The molecular weight excluding hydrogens is 218 g/mol. The van der Waals surface area contributed by atoms with E-state index in [9.17, 15) is 0 Å². The number of likely N-dealkylation sites (N-methyl/N-ethyl adjacent to an activating group) is 1. The summed E-state index contributed by atoms with van der Waals surface area (Å²) < 4.78 is 10.5. The van der Waals surface area contributed by atoms with E-state index in [4.69, 9.17) is 8.94 Å². The Hall–Kier alpha value is -1.59. The highest BCUT2D eigenvalue weighted by atomic mass is 16.5. The summed E-state index contributed by atoms with van der Waals surface area (Å²) in [6.45, 7) is 2.91. The number of nitrogens with one attached hydrogen (secondary N) is 1. The highest BCUT2D eigenvalue weighted by Crippen LogP contribution is 2.21. The monoisotopic (exact) mass is 233 g/mol. The van der Waals surface area contributed by atoms with Gasteiger partial charge in [0.1, 0.15) is 0 Å². The predicted octanol–water partition coefficient (Wildman–Crippen LogP) is 1.34. The number of nitrogens with zero attached hydrogens (tertiary/aromatic N) is 2. The van der Waals surface area contributed by atoms with Crippen molar-refractivity contribution >= 4 is 0 Å². The van der Waals surface area contributed by atoms with Gasteiger partial charge in [-0.3, -0.25) is 4.90 Å². The van der Waals surface area contributed by atoms with Crippen molar-refractivity contribution in [3.05, 3.63) is 30.2 Å². The standard InChI is InChI=1S/C12H15N3O2/c1-15(10-6-13-7-10)8-9-5-12(17-14-9)11-3-2-4-16-11/h2-5,10,13H,6-8H2,1H3. The van der Waals surface area contributed by atoms with E-state index in [1.807, 2.05) is 18.2 Å². The molecule has 5 nitrogen and oxygen atoms in total. The minimum atomic E-state index is 0.610. The first-order valence-electron chi connectivity index (χ1n) is 5.73. The van der Waals surface area contributed by atoms with E-state index in [0.29, 0.717) is 11.8 Å². The molecule has 2 aromatic rings. The number of hydrogen-bond donors (Lipinski definition) is 1. The smallest absolute Gasteiger partial charge is 0.202 e. The summed E-state index contributed by atoms with van der Waals surface area (Å²) in [5.74, 6) is 1.40. The molecule has 1 fully saturated rings. The molecule has 1 N–H and O–H groups in total. The van der Waals surface area contributed by atoms with Gasteiger partial charge in [-0.25, -0.2) is 0 Å². The maximum absolute atomic E-state index is 5.26. The van der Waals surface area contributed by atoms with Gasteiger partial charge in [0.2, 0.25) is 5.76 Å². The van der Waals surface area contributed by atoms with Crippen molar-refractivity contribution in [1.29, 1.82) is 0 Å². The van der Waals surface area contributed by atoms with Crippen LogP contribution in [0.15, 0.2) is 33.4 Å². The van der Waals surface area contributed by atoms with Crippen LogP contribution >= 0.6 is 0 Å². The molecule has 1 aliphatic rings. The fourth-order valence-corrected chi connectivity index (χ4v) is 1.89. The molecule has 0 saturated carbocycles. The zero-order valence-electron chi connectivity index (χ0n) is 9.72. The molecule has 5 heteroatoms. The summed E-state index contributed by atoms with van der Waals surface area (Å²) >= 11 is 0. The maximum Gasteiger partial charge on any atom is 0.202 e. The van der Waals surface area contributed by atoms with Crippen LogP contribution in [-0.2, 0) is 6.54 Å². The van der Waals surface area contributed by atoms with Gasteiger partial charge < -0.3 is 14.3 Å². The average molecular weight is 233 g/mol. The maximum atomic E-state index is 5.26. The molecule has 0 aliphatic carbocycles. The molecule has 0 radical (unpaired) electrons. The molecule has 0 aromatic carbocycles. The topological polar surface area (TPSA) is 54.4 Å². The first-order chi connectivity index (χ1) is 8.33. The molecule has 2 aromatic heterocycles. The van der Waals surface area contributed by atoms with Crippen LogP contribution in [0.5, 0.6) is 0 Å². The molecule has 0 atom stereocenters. The highest BCUT2D eigenvalue weighted by molar-refractivity contribution is 5.49. The van der Waals surface area contributed by atoms with E-state index >= 15 is 0 Å². The first kappa shape index (κ1) is 10.6. The summed E-state index contributed by atoms with van der Waals surface area (Å²) in [5, 5.41) is 7.31. The molecule has 1 aliphatic heterocycles. The van der Waals surface area contributed by atoms with Gasteiger partial charge in [0.25, 0.3) is 0 Å². The van der Waals surface area contributed by atoms with E-state index in [2.05, 4.69) is 22.4 Å². The van der Waals surface area contributed by atoms with Crippen molar-refractivity contribution in [3.8, 4) is 11.5 Å². The van der Waals surface area contributed by atoms with Crippen LogP contribution in [0.2, 0.25) is 0 Å². The lowest BCUT2D eigenvalue weighted by Crippen LogP contribution is -2.55. The van der Waals surface area contributed by atoms with Crippen molar-refractivity contribution in [2.75, 3.05) is 20.1 Å². The molecule has 0 bridgehead atoms. The Kier molecular flexibility index (Phi) is 2.70. The first-order valence-corrected chi connectivity index (χ1v) is 5.73. The molecule has 3 rings (SSSR count). The van der Waals surface area contributed by atoms with E-state index in [1.165, 1.54) is 0 Å². The third kappa shape index (κ3) is 2.11. The lowest BCUT2D eigenvalue weighted by molar-refractivity contribution is 0.169. The van der Waals surface area contributed by atoms with Crippen molar-refractivity contribution in [2.24, 2.45) is 0 Å². The summed E-state index contributed by atoms with van der Waals surface area (Å²) in [4.78, 5) is 2.28. The largest absolute Gasteiger partial charge is 0.461 e. The quantitative estimate of drug-likeness (QED) is 0.863. The SMILES string of the molecule is CN(Cc1cc(-c2ccco2)on1)C1CNC1. The molecule has 0 spiro atoms. The number of aromatic nitrogens is 1. The van der Waals surface area contributed by atoms with Gasteiger partial charge in [-0.05, 0) is 19.2 Å². The summed E-state index contributed by atoms with van der Waals surface area (Å²) in [6.07, 6.45) is 1.63. The Bertz CT molecular complexity index is 474. The van der Waals surface area contributed by atoms with E-state index in [-0.39, 0.29) is 0 Å². The number of furan rings is 1. The summed E-state index contributed by atoms with van der Waals surface area (Å²) in [7, 11) is 2.10. The lowest BCUT2D eigenvalue weighted by atomic mass is 10.1. The van der Waals surface area contributed by atoms with Gasteiger partial charge >= 0.3 is 0 Å². The van der Waals surface area contributed by atoms with E-state index in [1.54, 1.807) is 6.26 Å². The zero-order valence-corrected chi connectivity index (χ0v) is 9.72. The fraction of sp³-hybridized carbons (Fsp3) is 0.417. The van der Waals surface area contributed by atoms with E-state index in [0.717, 1.165) is 31.1 Å². The van der Waals surface area contributed by atoms with Gasteiger partial charge in [0.05, 0.1) is 12.0 Å². The van der Waals surface area contributed by atoms with Crippen LogP contribution in [0.1, 0.15) is 5.69 Å². The molecular formula is C12H15N3O2. The third-order valence-corrected chi connectivity index (χ3v) is 3.12. The highest BCUT2D eigenvalue weighted by Gasteiger charge is 2.22. The van der Waals surface area contributed by atoms with Gasteiger partial charge in [-0.2, -0.15) is 0 Å². The number of hydrogen-bond acceptors (Lipinski definition) is 5. The van der Waals surface area contributed by atoms with Crippen LogP contribution in [0.25, 0.3) is 11.5 Å². The van der Waals surface area contributed by atoms with Crippen molar-refractivity contribution in [3.63, 3.8) is 0 Å². The summed E-state index contributed by atoms with van der Waals surface area (Å²) in [6, 6.07) is 6.24. The van der Waals surface area contributed by atoms with Gasteiger partial charge in [0.15, 0.2) is 5.76 Å². The van der Waals surface area contributed by atoms with Gasteiger partial charge in [-0.15, -0.1) is 0 Å². The minimum absolute atomic E-state index is 0.610. The molecule has 90 valence electrons. The predicted molar refractivity (Wildman–Crippen MR) is 62.3 cm³/mol. The molecule has 17 heavy (non-hydrogen) atoms. The van der Waals surface area contributed by atoms with Crippen molar-refractivity contribution in [1.82, 2.24) is 15.4 Å².